The van der Waals surface area contributed by atoms with Crippen LogP contribution in [-0.2, 0) is 10.2 Å². The van der Waals surface area contributed by atoms with Crippen LogP contribution < -0.4 is 10.1 Å². The number of thioether (sulfide) groups is 1. The van der Waals surface area contributed by atoms with Gasteiger partial charge in [0.25, 0.3) is 0 Å². The molecule has 1 heterocycles. The van der Waals surface area contributed by atoms with E-state index in [-0.39, 0.29) is 17.1 Å². The standard InChI is InChI=1S/C25H32N4O2S/c1-17(2)15-26-22(30)16-32-24-28-27-23(18-7-9-19(10-8-18)25(3,4)5)29(24)20-11-13-21(31-6)14-12-20/h7-14,17H,15-16H2,1-6H3,(H,26,30). The first-order valence-electron chi connectivity index (χ1n) is 10.8. The van der Waals surface area contributed by atoms with Gasteiger partial charge in [0.15, 0.2) is 11.0 Å². The fourth-order valence-corrected chi connectivity index (χ4v) is 3.91. The Bertz CT molecular complexity index is 1040. The molecule has 6 nitrogen and oxygen atoms in total. The van der Waals surface area contributed by atoms with Gasteiger partial charge in [0.2, 0.25) is 5.91 Å². The van der Waals surface area contributed by atoms with Crippen molar-refractivity contribution >= 4 is 17.7 Å². The first kappa shape index (κ1) is 23.9. The summed E-state index contributed by atoms with van der Waals surface area (Å²) in [6.07, 6.45) is 0. The smallest absolute Gasteiger partial charge is 0.230 e. The van der Waals surface area contributed by atoms with Gasteiger partial charge in [-0.2, -0.15) is 0 Å². The van der Waals surface area contributed by atoms with E-state index in [2.05, 4.69) is 74.4 Å². The number of aromatic nitrogens is 3. The van der Waals surface area contributed by atoms with Gasteiger partial charge < -0.3 is 10.1 Å². The van der Waals surface area contributed by atoms with Crippen LogP contribution in [0.1, 0.15) is 40.2 Å². The van der Waals surface area contributed by atoms with Crippen LogP contribution in [0.5, 0.6) is 5.75 Å². The molecule has 1 N–H and O–H groups in total. The van der Waals surface area contributed by atoms with Gasteiger partial charge in [-0.15, -0.1) is 10.2 Å². The minimum atomic E-state index is -0.0101. The zero-order valence-electron chi connectivity index (χ0n) is 19.7. The van der Waals surface area contributed by atoms with Gasteiger partial charge in [-0.3, -0.25) is 9.36 Å². The third-order valence-corrected chi connectivity index (χ3v) is 5.94. The number of benzene rings is 2. The highest BCUT2D eigenvalue weighted by Gasteiger charge is 2.19. The van der Waals surface area contributed by atoms with Crippen LogP contribution in [0.3, 0.4) is 0 Å². The summed E-state index contributed by atoms with van der Waals surface area (Å²) < 4.78 is 7.30. The van der Waals surface area contributed by atoms with Gasteiger partial charge in [0.1, 0.15) is 5.75 Å². The predicted molar refractivity (Wildman–Crippen MR) is 131 cm³/mol. The molecule has 3 rings (SSSR count). The third kappa shape index (κ3) is 5.91. The maximum atomic E-state index is 12.3. The quantitative estimate of drug-likeness (QED) is 0.481. The van der Waals surface area contributed by atoms with Crippen LogP contribution in [0.2, 0.25) is 0 Å². The van der Waals surface area contributed by atoms with E-state index in [0.717, 1.165) is 22.8 Å². The number of carbonyl (C=O) groups excluding carboxylic acids is 1. The zero-order chi connectivity index (χ0) is 23.3. The molecule has 1 aromatic heterocycles. The zero-order valence-corrected chi connectivity index (χ0v) is 20.5. The molecule has 0 saturated carbocycles. The van der Waals surface area contributed by atoms with Crippen molar-refractivity contribution in [2.24, 2.45) is 5.92 Å². The summed E-state index contributed by atoms with van der Waals surface area (Å²) in [5, 5.41) is 12.5. The molecule has 0 aliphatic rings. The van der Waals surface area contributed by atoms with Crippen LogP contribution in [0.25, 0.3) is 17.1 Å². The summed E-state index contributed by atoms with van der Waals surface area (Å²) in [7, 11) is 1.65. The Morgan fingerprint density at radius 3 is 2.28 bits per heavy atom. The number of hydrogen-bond donors (Lipinski definition) is 1. The lowest BCUT2D eigenvalue weighted by molar-refractivity contribution is -0.118. The van der Waals surface area contributed by atoms with Crippen molar-refractivity contribution in [2.45, 2.75) is 45.2 Å². The number of amides is 1. The first-order valence-corrected chi connectivity index (χ1v) is 11.8. The monoisotopic (exact) mass is 452 g/mol. The van der Waals surface area contributed by atoms with Crippen molar-refractivity contribution in [1.82, 2.24) is 20.1 Å². The largest absolute Gasteiger partial charge is 0.497 e. The molecule has 0 aliphatic carbocycles. The lowest BCUT2D eigenvalue weighted by Gasteiger charge is -2.19. The Kier molecular flexibility index (Phi) is 7.61. The highest BCUT2D eigenvalue weighted by Crippen LogP contribution is 2.30. The topological polar surface area (TPSA) is 69.0 Å². The van der Waals surface area contributed by atoms with Crippen LogP contribution >= 0.6 is 11.8 Å². The van der Waals surface area contributed by atoms with E-state index in [1.807, 2.05) is 28.8 Å². The number of ether oxygens (including phenoxy) is 1. The van der Waals surface area contributed by atoms with Crippen molar-refractivity contribution in [2.75, 3.05) is 19.4 Å². The van der Waals surface area contributed by atoms with Crippen molar-refractivity contribution in [3.8, 4) is 22.8 Å². The summed E-state index contributed by atoms with van der Waals surface area (Å²) in [5.74, 6) is 2.20. The lowest BCUT2D eigenvalue weighted by Crippen LogP contribution is -2.28. The molecule has 0 atom stereocenters. The van der Waals surface area contributed by atoms with Crippen molar-refractivity contribution in [3.05, 3.63) is 54.1 Å². The summed E-state index contributed by atoms with van der Waals surface area (Å²) in [4.78, 5) is 12.3. The molecule has 0 aliphatic heterocycles. The average molecular weight is 453 g/mol. The molecular formula is C25H32N4O2S. The molecule has 1 amide bonds. The van der Waals surface area contributed by atoms with Crippen LogP contribution in [0.15, 0.2) is 53.7 Å². The van der Waals surface area contributed by atoms with E-state index in [1.165, 1.54) is 17.3 Å². The van der Waals surface area contributed by atoms with Gasteiger partial charge in [-0.05, 0) is 41.2 Å². The van der Waals surface area contributed by atoms with Crippen LogP contribution in [0, 0.1) is 5.92 Å². The molecule has 7 heteroatoms. The number of nitrogens with one attached hydrogen (secondary N) is 1. The number of nitrogens with zero attached hydrogens (tertiary/aromatic N) is 3. The number of methoxy groups -OCH3 is 1. The van der Waals surface area contributed by atoms with E-state index >= 15 is 0 Å². The third-order valence-electron chi connectivity index (χ3n) is 5.01. The molecule has 0 fully saturated rings. The van der Waals surface area contributed by atoms with Crippen molar-refractivity contribution in [1.29, 1.82) is 0 Å². The molecule has 0 bridgehead atoms. The second-order valence-electron chi connectivity index (χ2n) is 9.15. The van der Waals surface area contributed by atoms with E-state index in [1.54, 1.807) is 7.11 Å². The van der Waals surface area contributed by atoms with Gasteiger partial charge >= 0.3 is 0 Å². The molecule has 0 saturated heterocycles. The molecule has 0 spiro atoms. The normalized spacial score (nSPS) is 11.6. The minimum absolute atomic E-state index is 0.0101. The summed E-state index contributed by atoms with van der Waals surface area (Å²) in [5.41, 5.74) is 3.22. The molecule has 2 aromatic carbocycles. The maximum Gasteiger partial charge on any atom is 0.230 e. The highest BCUT2D eigenvalue weighted by atomic mass is 32.2. The Hall–Kier alpha value is -2.80. The van der Waals surface area contributed by atoms with E-state index < -0.39 is 0 Å². The highest BCUT2D eigenvalue weighted by molar-refractivity contribution is 7.99. The summed E-state index contributed by atoms with van der Waals surface area (Å²) in [6.45, 7) is 11.4. The number of hydrogen-bond acceptors (Lipinski definition) is 5. The Morgan fingerprint density at radius 1 is 1.06 bits per heavy atom. The van der Waals surface area contributed by atoms with E-state index in [4.69, 9.17) is 4.74 Å². The number of carbonyl (C=O) groups is 1. The SMILES string of the molecule is COc1ccc(-n2c(SCC(=O)NCC(C)C)nnc2-c2ccc(C(C)(C)C)cc2)cc1. The fourth-order valence-electron chi connectivity index (χ4n) is 3.13. The van der Waals surface area contributed by atoms with Gasteiger partial charge in [-0.25, -0.2) is 0 Å². The van der Waals surface area contributed by atoms with E-state index in [0.29, 0.717) is 17.6 Å². The summed E-state index contributed by atoms with van der Waals surface area (Å²) >= 11 is 1.38. The van der Waals surface area contributed by atoms with Gasteiger partial charge in [0, 0.05) is 17.8 Å². The Morgan fingerprint density at radius 2 is 1.72 bits per heavy atom. The first-order chi connectivity index (χ1) is 15.2. The van der Waals surface area contributed by atoms with E-state index in [9.17, 15) is 4.79 Å². The molecule has 0 radical (unpaired) electrons. The van der Waals surface area contributed by atoms with Crippen molar-refractivity contribution < 1.29 is 9.53 Å². The van der Waals surface area contributed by atoms with Crippen LogP contribution in [0.4, 0.5) is 0 Å². The fraction of sp³-hybridized carbons (Fsp3) is 0.400. The molecule has 0 unspecified atom stereocenters. The second kappa shape index (κ2) is 10.2. The second-order valence-corrected chi connectivity index (χ2v) is 10.1. The Labute approximate surface area is 194 Å². The summed E-state index contributed by atoms with van der Waals surface area (Å²) in [6, 6.07) is 16.2. The molecule has 3 aromatic rings. The minimum Gasteiger partial charge on any atom is -0.497 e. The van der Waals surface area contributed by atoms with Gasteiger partial charge in [0.05, 0.1) is 12.9 Å². The van der Waals surface area contributed by atoms with Gasteiger partial charge in [-0.1, -0.05) is 70.6 Å². The predicted octanol–water partition coefficient (Wildman–Crippen LogP) is 5.10. The molecule has 170 valence electrons. The lowest BCUT2D eigenvalue weighted by atomic mass is 9.87. The average Bonchev–Trinajstić information content (AvgIpc) is 3.19. The molecular weight excluding hydrogens is 420 g/mol. The molecule has 32 heavy (non-hydrogen) atoms. The number of rotatable bonds is 8. The Balaban J connectivity index is 1.94. The van der Waals surface area contributed by atoms with Crippen LogP contribution in [-0.4, -0.2) is 40.1 Å². The van der Waals surface area contributed by atoms with Crippen molar-refractivity contribution in [3.63, 3.8) is 0 Å². The maximum absolute atomic E-state index is 12.3.